The van der Waals surface area contributed by atoms with Gasteiger partial charge in [-0.2, -0.15) is 0 Å². The van der Waals surface area contributed by atoms with Crippen LogP contribution < -0.4 is 0 Å². The van der Waals surface area contributed by atoms with Gasteiger partial charge in [-0.25, -0.2) is 0 Å². The Labute approximate surface area is 160 Å². The first-order valence-corrected chi connectivity index (χ1v) is 8.76. The fourth-order valence-corrected chi connectivity index (χ4v) is 3.20. The molecule has 6 heteroatoms. The van der Waals surface area contributed by atoms with Gasteiger partial charge in [0.2, 0.25) is 0 Å². The highest BCUT2D eigenvalue weighted by molar-refractivity contribution is 9.10. The summed E-state index contributed by atoms with van der Waals surface area (Å²) in [5.74, 6) is -3.58. The van der Waals surface area contributed by atoms with Gasteiger partial charge >= 0.3 is 11.9 Å². The molecule has 2 rings (SSSR count). The van der Waals surface area contributed by atoms with E-state index in [0.29, 0.717) is 11.1 Å². The normalized spacial score (nSPS) is 11.7. The third-order valence-corrected chi connectivity index (χ3v) is 4.58. The third-order valence-electron chi connectivity index (χ3n) is 4.09. The van der Waals surface area contributed by atoms with Crippen LogP contribution in [0.25, 0.3) is 0 Å². The number of halogens is 1. The van der Waals surface area contributed by atoms with Crippen molar-refractivity contribution in [2.24, 2.45) is 5.92 Å². The van der Waals surface area contributed by atoms with Crippen molar-refractivity contribution in [3.63, 3.8) is 0 Å². The summed E-state index contributed by atoms with van der Waals surface area (Å²) in [5, 5.41) is 0. The molecule has 0 unspecified atom stereocenters. The number of ketones is 1. The van der Waals surface area contributed by atoms with Crippen molar-refractivity contribution in [3.8, 4) is 0 Å². The molecule has 1 atom stereocenters. The van der Waals surface area contributed by atoms with E-state index in [9.17, 15) is 14.4 Å². The Morgan fingerprint density at radius 3 is 2.08 bits per heavy atom. The molecule has 0 aliphatic rings. The number of benzene rings is 2. The largest absolute Gasteiger partial charge is 0.468 e. The summed E-state index contributed by atoms with van der Waals surface area (Å²) in [4.78, 5) is 37.3. The maximum absolute atomic E-state index is 12.7. The van der Waals surface area contributed by atoms with Gasteiger partial charge in [-0.1, -0.05) is 58.4 Å². The molecule has 0 fully saturated rings. The zero-order chi connectivity index (χ0) is 19.1. The third kappa shape index (κ3) is 4.79. The van der Waals surface area contributed by atoms with Crippen LogP contribution in [-0.2, 0) is 19.1 Å². The SMILES string of the molecule is COC(=O)C(C(=O)OC)[C@H](CC(=O)c1ccccc1)c1cccc(Br)c1. The van der Waals surface area contributed by atoms with Crippen LogP contribution in [0.5, 0.6) is 0 Å². The van der Waals surface area contributed by atoms with E-state index in [1.165, 1.54) is 14.2 Å². The van der Waals surface area contributed by atoms with Crippen LogP contribution in [0.2, 0.25) is 0 Å². The first-order valence-electron chi connectivity index (χ1n) is 7.97. The lowest BCUT2D eigenvalue weighted by atomic mass is 9.81. The number of carbonyl (C=O) groups excluding carboxylic acids is 3. The molecule has 0 spiro atoms. The number of hydrogen-bond donors (Lipinski definition) is 0. The predicted octanol–water partition coefficient (Wildman–Crippen LogP) is 3.77. The molecule has 0 saturated heterocycles. The van der Waals surface area contributed by atoms with Crippen LogP contribution in [0.4, 0.5) is 0 Å². The minimum atomic E-state index is -1.23. The molecule has 0 bridgehead atoms. The number of carbonyl (C=O) groups is 3. The lowest BCUT2D eigenvalue weighted by Crippen LogP contribution is -2.33. The number of methoxy groups -OCH3 is 2. The van der Waals surface area contributed by atoms with Crippen LogP contribution in [0.15, 0.2) is 59.1 Å². The van der Waals surface area contributed by atoms with E-state index in [2.05, 4.69) is 15.9 Å². The molecular weight excluding hydrogens is 400 g/mol. The van der Waals surface area contributed by atoms with Gasteiger partial charge in [0, 0.05) is 22.4 Å². The Morgan fingerprint density at radius 2 is 1.54 bits per heavy atom. The number of ether oxygens (including phenoxy) is 2. The molecule has 136 valence electrons. The second-order valence-corrected chi connectivity index (χ2v) is 6.59. The molecule has 0 amide bonds. The zero-order valence-electron chi connectivity index (χ0n) is 14.5. The first kappa shape index (κ1) is 19.8. The van der Waals surface area contributed by atoms with Crippen LogP contribution in [-0.4, -0.2) is 31.9 Å². The summed E-state index contributed by atoms with van der Waals surface area (Å²) in [6, 6.07) is 15.9. The number of rotatable bonds is 7. The quantitative estimate of drug-likeness (QED) is 0.388. The molecule has 0 heterocycles. The highest BCUT2D eigenvalue weighted by Crippen LogP contribution is 2.33. The van der Waals surface area contributed by atoms with Crippen LogP contribution >= 0.6 is 15.9 Å². The van der Waals surface area contributed by atoms with Crippen molar-refractivity contribution in [3.05, 3.63) is 70.2 Å². The molecule has 26 heavy (non-hydrogen) atoms. The maximum atomic E-state index is 12.7. The van der Waals surface area contributed by atoms with Gasteiger partial charge in [-0.05, 0) is 17.7 Å². The van der Waals surface area contributed by atoms with Crippen molar-refractivity contribution >= 4 is 33.7 Å². The summed E-state index contributed by atoms with van der Waals surface area (Å²) in [6.45, 7) is 0. The molecule has 0 aliphatic heterocycles. The monoisotopic (exact) mass is 418 g/mol. The summed E-state index contributed by atoms with van der Waals surface area (Å²) in [6.07, 6.45) is -0.0324. The second-order valence-electron chi connectivity index (χ2n) is 5.68. The second kappa shape index (κ2) is 9.29. The fraction of sp³-hybridized carbons (Fsp3) is 0.250. The fourth-order valence-electron chi connectivity index (χ4n) is 2.79. The van der Waals surface area contributed by atoms with E-state index in [-0.39, 0.29) is 12.2 Å². The minimum absolute atomic E-state index is 0.0324. The molecule has 0 aromatic heterocycles. The zero-order valence-corrected chi connectivity index (χ0v) is 16.1. The average molecular weight is 419 g/mol. The van der Waals surface area contributed by atoms with Gasteiger partial charge < -0.3 is 9.47 Å². The average Bonchev–Trinajstić information content (AvgIpc) is 2.67. The highest BCUT2D eigenvalue weighted by Gasteiger charge is 2.39. The number of hydrogen-bond acceptors (Lipinski definition) is 5. The number of esters is 2. The van der Waals surface area contributed by atoms with Crippen LogP contribution in [0.1, 0.15) is 28.3 Å². The molecule has 0 saturated carbocycles. The minimum Gasteiger partial charge on any atom is -0.468 e. The molecule has 0 N–H and O–H groups in total. The molecule has 0 radical (unpaired) electrons. The van der Waals surface area contributed by atoms with E-state index in [0.717, 1.165) is 4.47 Å². The standard InChI is InChI=1S/C20H19BrO5/c1-25-19(23)18(20(24)26-2)16(14-9-6-10-15(21)11-14)12-17(22)13-7-4-3-5-8-13/h3-11,16,18H,12H2,1-2H3/t16-/m1/s1. The van der Waals surface area contributed by atoms with E-state index in [1.807, 2.05) is 12.1 Å². The van der Waals surface area contributed by atoms with Gasteiger partial charge in [0.1, 0.15) is 0 Å². The first-order chi connectivity index (χ1) is 12.5. The van der Waals surface area contributed by atoms with E-state index in [1.54, 1.807) is 42.5 Å². The molecule has 0 aliphatic carbocycles. The molecule has 5 nitrogen and oxygen atoms in total. The Hall–Kier alpha value is -2.47. The van der Waals surface area contributed by atoms with Crippen molar-refractivity contribution < 1.29 is 23.9 Å². The number of Topliss-reactive ketones (excluding diaryl/α,β-unsaturated/α-hetero) is 1. The Morgan fingerprint density at radius 1 is 0.923 bits per heavy atom. The van der Waals surface area contributed by atoms with Crippen LogP contribution in [0.3, 0.4) is 0 Å². The maximum Gasteiger partial charge on any atom is 0.320 e. The Bertz CT molecular complexity index is 772. The summed E-state index contributed by atoms with van der Waals surface area (Å²) in [7, 11) is 2.41. The molecular formula is C20H19BrO5. The van der Waals surface area contributed by atoms with Gasteiger partial charge in [0.05, 0.1) is 14.2 Å². The Kier molecular flexibility index (Phi) is 7.09. The van der Waals surface area contributed by atoms with Crippen molar-refractivity contribution in [1.82, 2.24) is 0 Å². The Balaban J connectivity index is 2.45. The van der Waals surface area contributed by atoms with E-state index < -0.39 is 23.8 Å². The smallest absolute Gasteiger partial charge is 0.320 e. The molecule has 2 aromatic rings. The predicted molar refractivity (Wildman–Crippen MR) is 99.8 cm³/mol. The lowest BCUT2D eigenvalue weighted by Gasteiger charge is -2.23. The summed E-state index contributed by atoms with van der Waals surface area (Å²) in [5.41, 5.74) is 1.19. The van der Waals surface area contributed by atoms with E-state index >= 15 is 0 Å². The highest BCUT2D eigenvalue weighted by atomic mass is 79.9. The van der Waals surface area contributed by atoms with Gasteiger partial charge in [0.25, 0.3) is 0 Å². The summed E-state index contributed by atoms with van der Waals surface area (Å²) >= 11 is 3.38. The van der Waals surface area contributed by atoms with Gasteiger partial charge in [-0.15, -0.1) is 0 Å². The molecule has 2 aromatic carbocycles. The summed E-state index contributed by atoms with van der Waals surface area (Å²) < 4.78 is 10.4. The van der Waals surface area contributed by atoms with Crippen molar-refractivity contribution in [2.75, 3.05) is 14.2 Å². The van der Waals surface area contributed by atoms with E-state index in [4.69, 9.17) is 9.47 Å². The topological polar surface area (TPSA) is 69.7 Å². The van der Waals surface area contributed by atoms with Gasteiger partial charge in [-0.3, -0.25) is 14.4 Å². The van der Waals surface area contributed by atoms with Crippen molar-refractivity contribution in [2.45, 2.75) is 12.3 Å². The van der Waals surface area contributed by atoms with Gasteiger partial charge in [0.15, 0.2) is 11.7 Å². The van der Waals surface area contributed by atoms with Crippen LogP contribution in [0, 0.1) is 5.92 Å². The lowest BCUT2D eigenvalue weighted by molar-refractivity contribution is -0.159. The van der Waals surface area contributed by atoms with Crippen molar-refractivity contribution in [1.29, 1.82) is 0 Å².